The Hall–Kier alpha value is -2.82. The summed E-state index contributed by atoms with van der Waals surface area (Å²) in [4.78, 5) is 12.8. The van der Waals surface area contributed by atoms with E-state index in [0.29, 0.717) is 33.5 Å². The van der Waals surface area contributed by atoms with Gasteiger partial charge in [-0.1, -0.05) is 18.2 Å². The topological polar surface area (TPSA) is 81.7 Å². The maximum absolute atomic E-state index is 12.8. The molecule has 0 N–H and O–H groups in total. The number of fused-ring (bicyclic) bond motifs is 1. The molecule has 0 spiro atoms. The second-order valence-electron chi connectivity index (χ2n) is 5.56. The molecule has 27 heavy (non-hydrogen) atoms. The van der Waals surface area contributed by atoms with Crippen LogP contribution in [0.3, 0.4) is 0 Å². The zero-order valence-electron chi connectivity index (χ0n) is 14.7. The summed E-state index contributed by atoms with van der Waals surface area (Å²) in [5, 5.41) is 9.91. The molecule has 0 bridgehead atoms. The number of carbonyl (C=O) groups is 1. The van der Waals surface area contributed by atoms with E-state index in [1.165, 1.54) is 6.07 Å². The summed E-state index contributed by atoms with van der Waals surface area (Å²) in [6.45, 7) is 2.36. The molecule has 0 aliphatic heterocycles. The smallest absolute Gasteiger partial charge is 0.380 e. The lowest BCUT2D eigenvalue weighted by molar-refractivity contribution is 0.0689. The van der Waals surface area contributed by atoms with Crippen molar-refractivity contribution >= 4 is 32.9 Å². The lowest BCUT2D eigenvalue weighted by Crippen LogP contribution is -2.12. The Bertz CT molecular complexity index is 1030. The Morgan fingerprint density at radius 3 is 2.78 bits per heavy atom. The molecule has 0 unspecified atom stereocenters. The molecule has 138 valence electrons. The molecular weight excluding hydrogens is 414 g/mol. The van der Waals surface area contributed by atoms with E-state index in [-0.39, 0.29) is 18.1 Å². The third-order valence-electron chi connectivity index (χ3n) is 3.81. The number of esters is 1. The standard InChI is InChI=1S/C20H16BrNO5/c1-3-25-17-9-12(10-22)8-15(21)19(17)27-20(23)18-14(11-24-2)13-6-4-5-7-16(13)26-18/h4-9H,3,11H2,1-2H3. The highest BCUT2D eigenvalue weighted by atomic mass is 79.9. The molecule has 0 saturated carbocycles. The van der Waals surface area contributed by atoms with Gasteiger partial charge in [-0.2, -0.15) is 5.26 Å². The molecule has 1 heterocycles. The SMILES string of the molecule is CCOc1cc(C#N)cc(Br)c1OC(=O)c1oc2ccccc2c1COC. The van der Waals surface area contributed by atoms with E-state index in [0.717, 1.165) is 5.39 Å². The van der Waals surface area contributed by atoms with Crippen LogP contribution in [0.25, 0.3) is 11.0 Å². The molecular formula is C20H16BrNO5. The second-order valence-corrected chi connectivity index (χ2v) is 6.41. The van der Waals surface area contributed by atoms with Crippen molar-refractivity contribution in [2.45, 2.75) is 13.5 Å². The van der Waals surface area contributed by atoms with E-state index >= 15 is 0 Å². The van der Waals surface area contributed by atoms with Gasteiger partial charge in [-0.25, -0.2) is 4.79 Å². The molecule has 1 aromatic heterocycles. The quantitative estimate of drug-likeness (QED) is 0.412. The van der Waals surface area contributed by atoms with Gasteiger partial charge in [0.2, 0.25) is 5.76 Å². The van der Waals surface area contributed by atoms with Crippen LogP contribution in [0.2, 0.25) is 0 Å². The summed E-state index contributed by atoms with van der Waals surface area (Å²) in [6.07, 6.45) is 0. The molecule has 3 aromatic rings. The molecule has 7 heteroatoms. The summed E-state index contributed by atoms with van der Waals surface area (Å²) in [5.74, 6) is -0.132. The Labute approximate surface area is 164 Å². The molecule has 0 aliphatic rings. The number of ether oxygens (including phenoxy) is 3. The minimum Gasteiger partial charge on any atom is -0.490 e. The van der Waals surface area contributed by atoms with Crippen LogP contribution in [0.15, 0.2) is 45.3 Å². The highest BCUT2D eigenvalue weighted by Crippen LogP contribution is 2.38. The third-order valence-corrected chi connectivity index (χ3v) is 4.39. The van der Waals surface area contributed by atoms with Crippen LogP contribution in [-0.2, 0) is 11.3 Å². The number of methoxy groups -OCH3 is 1. The summed E-state index contributed by atoms with van der Waals surface area (Å²) >= 11 is 3.33. The average molecular weight is 430 g/mol. The van der Waals surface area contributed by atoms with Gasteiger partial charge in [0.1, 0.15) is 5.58 Å². The Kier molecular flexibility index (Phi) is 5.79. The molecule has 0 atom stereocenters. The zero-order valence-corrected chi connectivity index (χ0v) is 16.3. The first-order valence-corrected chi connectivity index (χ1v) is 8.96. The first-order valence-electron chi connectivity index (χ1n) is 8.17. The first kappa shape index (κ1) is 19.0. The fraction of sp³-hybridized carbons (Fsp3) is 0.200. The maximum atomic E-state index is 12.8. The van der Waals surface area contributed by atoms with E-state index in [2.05, 4.69) is 15.9 Å². The molecule has 6 nitrogen and oxygen atoms in total. The van der Waals surface area contributed by atoms with E-state index in [1.54, 1.807) is 26.2 Å². The fourth-order valence-corrected chi connectivity index (χ4v) is 3.21. The zero-order chi connectivity index (χ0) is 19.4. The van der Waals surface area contributed by atoms with Crippen LogP contribution in [0.1, 0.15) is 28.6 Å². The average Bonchev–Trinajstić information content (AvgIpc) is 3.03. The minimum atomic E-state index is -0.676. The van der Waals surface area contributed by atoms with Crippen LogP contribution in [0.4, 0.5) is 0 Å². The van der Waals surface area contributed by atoms with Crippen molar-refractivity contribution in [2.75, 3.05) is 13.7 Å². The molecule has 0 amide bonds. The Morgan fingerprint density at radius 1 is 1.30 bits per heavy atom. The predicted octanol–water partition coefficient (Wildman–Crippen LogP) is 4.83. The molecule has 3 rings (SSSR count). The van der Waals surface area contributed by atoms with Gasteiger partial charge in [0.25, 0.3) is 0 Å². The van der Waals surface area contributed by atoms with E-state index in [9.17, 15) is 4.79 Å². The first-order chi connectivity index (χ1) is 13.1. The molecule has 2 aromatic carbocycles. The van der Waals surface area contributed by atoms with E-state index in [4.69, 9.17) is 23.9 Å². The van der Waals surface area contributed by atoms with Crippen LogP contribution in [-0.4, -0.2) is 19.7 Å². The van der Waals surface area contributed by atoms with Gasteiger partial charge in [-0.05, 0) is 35.0 Å². The Morgan fingerprint density at radius 2 is 2.07 bits per heavy atom. The van der Waals surface area contributed by atoms with Crippen LogP contribution < -0.4 is 9.47 Å². The number of carbonyl (C=O) groups excluding carboxylic acids is 1. The number of hydrogen-bond donors (Lipinski definition) is 0. The highest BCUT2D eigenvalue weighted by Gasteiger charge is 2.25. The van der Waals surface area contributed by atoms with Crippen LogP contribution in [0, 0.1) is 11.3 Å². The van der Waals surface area contributed by atoms with Gasteiger partial charge >= 0.3 is 5.97 Å². The van der Waals surface area contributed by atoms with E-state index in [1.807, 2.05) is 24.3 Å². The number of furan rings is 1. The largest absolute Gasteiger partial charge is 0.490 e. The van der Waals surface area contributed by atoms with Gasteiger partial charge in [0.15, 0.2) is 11.5 Å². The third kappa shape index (κ3) is 3.82. The summed E-state index contributed by atoms with van der Waals surface area (Å²) < 4.78 is 22.4. The minimum absolute atomic E-state index is 0.0664. The van der Waals surface area contributed by atoms with Crippen molar-refractivity contribution in [3.05, 3.63) is 57.8 Å². The maximum Gasteiger partial charge on any atom is 0.380 e. The number of nitrogens with zero attached hydrogens (tertiary/aromatic N) is 1. The van der Waals surface area contributed by atoms with Gasteiger partial charge in [0.05, 0.1) is 29.3 Å². The van der Waals surface area contributed by atoms with E-state index < -0.39 is 5.97 Å². The predicted molar refractivity (Wildman–Crippen MR) is 102 cm³/mol. The highest BCUT2D eigenvalue weighted by molar-refractivity contribution is 9.10. The molecule has 0 saturated heterocycles. The lowest BCUT2D eigenvalue weighted by Gasteiger charge is -2.12. The summed E-state index contributed by atoms with van der Waals surface area (Å²) in [5.41, 5.74) is 1.56. The second kappa shape index (κ2) is 8.25. The lowest BCUT2D eigenvalue weighted by atomic mass is 10.1. The number of para-hydroxylation sites is 1. The number of halogens is 1. The number of rotatable bonds is 6. The monoisotopic (exact) mass is 429 g/mol. The molecule has 0 fully saturated rings. The van der Waals surface area contributed by atoms with Gasteiger partial charge < -0.3 is 18.6 Å². The van der Waals surface area contributed by atoms with Crippen molar-refractivity contribution in [3.63, 3.8) is 0 Å². The summed E-state index contributed by atoms with van der Waals surface area (Å²) in [6, 6.07) is 12.4. The van der Waals surface area contributed by atoms with Crippen molar-refractivity contribution in [1.82, 2.24) is 0 Å². The Balaban J connectivity index is 2.02. The van der Waals surface area contributed by atoms with Crippen molar-refractivity contribution in [2.24, 2.45) is 0 Å². The molecule has 0 aliphatic carbocycles. The van der Waals surface area contributed by atoms with Crippen LogP contribution in [0.5, 0.6) is 11.5 Å². The fourth-order valence-electron chi connectivity index (χ4n) is 2.68. The number of hydrogen-bond acceptors (Lipinski definition) is 6. The summed E-state index contributed by atoms with van der Waals surface area (Å²) in [7, 11) is 1.54. The van der Waals surface area contributed by atoms with Crippen molar-refractivity contribution in [3.8, 4) is 17.6 Å². The van der Waals surface area contributed by atoms with Gasteiger partial charge in [-0.15, -0.1) is 0 Å². The number of nitriles is 1. The number of benzene rings is 2. The molecule has 0 radical (unpaired) electrons. The van der Waals surface area contributed by atoms with Crippen molar-refractivity contribution < 1.29 is 23.4 Å². The van der Waals surface area contributed by atoms with Crippen LogP contribution >= 0.6 is 15.9 Å². The van der Waals surface area contributed by atoms with Gasteiger partial charge in [0, 0.05) is 24.1 Å². The van der Waals surface area contributed by atoms with Gasteiger partial charge in [-0.3, -0.25) is 0 Å². The normalized spacial score (nSPS) is 10.6. The van der Waals surface area contributed by atoms with Crippen molar-refractivity contribution in [1.29, 1.82) is 5.26 Å².